The third-order valence-electron chi connectivity index (χ3n) is 1.53. The van der Waals surface area contributed by atoms with Crippen LogP contribution < -0.4 is 0 Å². The van der Waals surface area contributed by atoms with Crippen LogP contribution >= 0.6 is 11.6 Å². The molecule has 0 atom stereocenters. The van der Waals surface area contributed by atoms with Crippen LogP contribution in [0.3, 0.4) is 0 Å². The highest BCUT2D eigenvalue weighted by atomic mass is 35.5. The van der Waals surface area contributed by atoms with Crippen molar-refractivity contribution in [1.82, 2.24) is 4.98 Å². The molecule has 6 heteroatoms. The van der Waals surface area contributed by atoms with E-state index in [1.54, 1.807) is 0 Å². The van der Waals surface area contributed by atoms with Crippen LogP contribution in [0.5, 0.6) is 0 Å². The van der Waals surface area contributed by atoms with Gasteiger partial charge in [-0.3, -0.25) is 0 Å². The first-order valence-corrected chi connectivity index (χ1v) is 3.98. The Hall–Kier alpha value is -1.23. The summed E-state index contributed by atoms with van der Waals surface area (Å²) < 4.78 is 25.4. The van der Waals surface area contributed by atoms with Crippen molar-refractivity contribution < 1.29 is 18.7 Å². The zero-order valence-corrected chi connectivity index (χ0v) is 7.85. The smallest absolute Gasteiger partial charge is 0.338 e. The summed E-state index contributed by atoms with van der Waals surface area (Å²) in [6.45, 7) is 0.659. The second kappa shape index (κ2) is 3.49. The van der Waals surface area contributed by atoms with Gasteiger partial charge in [-0.15, -0.1) is 0 Å². The largest absolute Gasteiger partial charge is 0.478 e. The second-order valence-electron chi connectivity index (χ2n) is 2.73. The van der Waals surface area contributed by atoms with Crippen LogP contribution in [0.1, 0.15) is 23.0 Å². The maximum absolute atomic E-state index is 12.7. The number of hydrogen-bond acceptors (Lipinski definition) is 2. The summed E-state index contributed by atoms with van der Waals surface area (Å²) in [6, 6.07) is 1.94. The minimum Gasteiger partial charge on any atom is -0.478 e. The number of halogens is 3. The number of carbonyl (C=O) groups is 1. The summed E-state index contributed by atoms with van der Waals surface area (Å²) in [5.41, 5.74) is -0.841. The molecule has 0 aliphatic rings. The summed E-state index contributed by atoms with van der Waals surface area (Å²) >= 11 is 5.41. The van der Waals surface area contributed by atoms with E-state index in [0.29, 0.717) is 6.92 Å². The van der Waals surface area contributed by atoms with Gasteiger partial charge < -0.3 is 5.11 Å². The molecule has 0 fully saturated rings. The van der Waals surface area contributed by atoms with E-state index in [1.165, 1.54) is 0 Å². The quantitative estimate of drug-likeness (QED) is 0.781. The lowest BCUT2D eigenvalue weighted by Crippen LogP contribution is -2.11. The SMILES string of the molecule is CC(F)(F)c1ccc(C(=O)O)c(Cl)n1. The standard InChI is InChI=1S/C8H6ClF2NO2/c1-8(10,11)5-3-2-4(7(13)14)6(9)12-5/h2-3H,1H3,(H,13,14). The highest BCUT2D eigenvalue weighted by Gasteiger charge is 2.27. The third-order valence-corrected chi connectivity index (χ3v) is 1.82. The molecule has 0 spiro atoms. The zero-order chi connectivity index (χ0) is 10.9. The molecule has 0 aromatic carbocycles. The minimum absolute atomic E-state index is 0.292. The van der Waals surface area contributed by atoms with Crippen molar-refractivity contribution in [3.63, 3.8) is 0 Å². The summed E-state index contributed by atoms with van der Waals surface area (Å²) in [5, 5.41) is 8.11. The average molecular weight is 222 g/mol. The predicted molar refractivity (Wildman–Crippen MR) is 45.8 cm³/mol. The molecule has 1 aromatic rings. The highest BCUT2D eigenvalue weighted by Crippen LogP contribution is 2.27. The fraction of sp³-hybridized carbons (Fsp3) is 0.250. The van der Waals surface area contributed by atoms with Crippen molar-refractivity contribution in [1.29, 1.82) is 0 Å². The van der Waals surface area contributed by atoms with Crippen LogP contribution in [-0.2, 0) is 5.92 Å². The molecule has 0 unspecified atom stereocenters. The maximum atomic E-state index is 12.7. The van der Waals surface area contributed by atoms with Gasteiger partial charge in [0.1, 0.15) is 10.8 Å². The van der Waals surface area contributed by atoms with Gasteiger partial charge >= 0.3 is 5.97 Å². The third kappa shape index (κ3) is 2.17. The number of alkyl halides is 2. The number of aromatic carboxylic acids is 1. The minimum atomic E-state index is -3.12. The molecular formula is C8H6ClF2NO2. The molecule has 3 nitrogen and oxygen atoms in total. The normalized spacial score (nSPS) is 11.4. The van der Waals surface area contributed by atoms with E-state index in [2.05, 4.69) is 4.98 Å². The van der Waals surface area contributed by atoms with Crippen molar-refractivity contribution in [3.05, 3.63) is 28.5 Å². The van der Waals surface area contributed by atoms with E-state index in [9.17, 15) is 13.6 Å². The molecule has 1 N–H and O–H groups in total. The molecule has 0 aliphatic heterocycles. The Labute approximate surface area is 83.3 Å². The van der Waals surface area contributed by atoms with Gasteiger partial charge in [0.25, 0.3) is 5.92 Å². The van der Waals surface area contributed by atoms with Crippen LogP contribution in [0.15, 0.2) is 12.1 Å². The molecule has 0 saturated carbocycles. The molecule has 0 bridgehead atoms. The predicted octanol–water partition coefficient (Wildman–Crippen LogP) is 2.54. The lowest BCUT2D eigenvalue weighted by atomic mass is 10.2. The lowest BCUT2D eigenvalue weighted by molar-refractivity contribution is 0.0127. The first-order chi connectivity index (χ1) is 6.32. The summed E-state index contributed by atoms with van der Waals surface area (Å²) in [4.78, 5) is 13.8. The summed E-state index contributed by atoms with van der Waals surface area (Å²) in [7, 11) is 0. The van der Waals surface area contributed by atoms with Gasteiger partial charge in [-0.05, 0) is 12.1 Å². The number of nitrogens with zero attached hydrogens (tertiary/aromatic N) is 1. The van der Waals surface area contributed by atoms with Gasteiger partial charge in [0.05, 0.1) is 5.56 Å². The number of carboxylic acid groups (broad SMARTS) is 1. The fourth-order valence-corrected chi connectivity index (χ4v) is 1.07. The number of aromatic nitrogens is 1. The maximum Gasteiger partial charge on any atom is 0.338 e. The molecule has 0 aliphatic carbocycles. The van der Waals surface area contributed by atoms with Gasteiger partial charge in [-0.25, -0.2) is 9.78 Å². The first kappa shape index (κ1) is 10.8. The van der Waals surface area contributed by atoms with Gasteiger partial charge in [0.2, 0.25) is 0 Å². The van der Waals surface area contributed by atoms with Gasteiger partial charge in [-0.1, -0.05) is 11.6 Å². The molecule has 76 valence electrons. The average Bonchev–Trinajstić information content (AvgIpc) is 2.01. The number of rotatable bonds is 2. The molecule has 1 heterocycles. The zero-order valence-electron chi connectivity index (χ0n) is 7.09. The van der Waals surface area contributed by atoms with E-state index in [0.717, 1.165) is 12.1 Å². The second-order valence-corrected chi connectivity index (χ2v) is 3.09. The summed E-state index contributed by atoms with van der Waals surface area (Å²) in [6.07, 6.45) is 0. The molecule has 14 heavy (non-hydrogen) atoms. The Morgan fingerprint density at radius 3 is 2.50 bits per heavy atom. The van der Waals surface area contributed by atoms with Gasteiger partial charge in [0.15, 0.2) is 0 Å². The van der Waals surface area contributed by atoms with Crippen LogP contribution in [0.2, 0.25) is 5.15 Å². The van der Waals surface area contributed by atoms with Crippen molar-refractivity contribution in [3.8, 4) is 0 Å². The molecule has 0 amide bonds. The van der Waals surface area contributed by atoms with Crippen LogP contribution in [0, 0.1) is 0 Å². The van der Waals surface area contributed by atoms with E-state index < -0.39 is 22.7 Å². The van der Waals surface area contributed by atoms with Crippen molar-refractivity contribution in [2.75, 3.05) is 0 Å². The molecular weight excluding hydrogens is 216 g/mol. The Kier molecular flexibility index (Phi) is 2.71. The van der Waals surface area contributed by atoms with Gasteiger partial charge in [0, 0.05) is 6.92 Å². The molecule has 1 rings (SSSR count). The number of hydrogen-bond donors (Lipinski definition) is 1. The topological polar surface area (TPSA) is 50.2 Å². The summed E-state index contributed by atoms with van der Waals surface area (Å²) in [5.74, 6) is -4.42. The number of carboxylic acids is 1. The highest BCUT2D eigenvalue weighted by molar-refractivity contribution is 6.32. The Morgan fingerprint density at radius 2 is 2.14 bits per heavy atom. The van der Waals surface area contributed by atoms with E-state index in [4.69, 9.17) is 16.7 Å². The Bertz CT molecular complexity index is 376. The van der Waals surface area contributed by atoms with Crippen molar-refractivity contribution in [2.24, 2.45) is 0 Å². The van der Waals surface area contributed by atoms with E-state index >= 15 is 0 Å². The Balaban J connectivity index is 3.20. The molecule has 0 radical (unpaired) electrons. The number of pyridine rings is 1. The molecule has 0 saturated heterocycles. The van der Waals surface area contributed by atoms with E-state index in [1.807, 2.05) is 0 Å². The fourth-order valence-electron chi connectivity index (χ4n) is 0.838. The van der Waals surface area contributed by atoms with Crippen LogP contribution in [-0.4, -0.2) is 16.1 Å². The Morgan fingerprint density at radius 1 is 1.57 bits per heavy atom. The first-order valence-electron chi connectivity index (χ1n) is 3.60. The van der Waals surface area contributed by atoms with Crippen LogP contribution in [0.4, 0.5) is 8.78 Å². The van der Waals surface area contributed by atoms with Crippen molar-refractivity contribution in [2.45, 2.75) is 12.8 Å². The monoisotopic (exact) mass is 221 g/mol. The van der Waals surface area contributed by atoms with Gasteiger partial charge in [-0.2, -0.15) is 8.78 Å². The van der Waals surface area contributed by atoms with Crippen LogP contribution in [0.25, 0.3) is 0 Å². The van der Waals surface area contributed by atoms with Crippen molar-refractivity contribution >= 4 is 17.6 Å². The lowest BCUT2D eigenvalue weighted by Gasteiger charge is -2.09. The van der Waals surface area contributed by atoms with E-state index in [-0.39, 0.29) is 5.56 Å². The molecule has 1 aromatic heterocycles.